The molecule has 2 rings (SSSR count). The van der Waals surface area contributed by atoms with E-state index in [4.69, 9.17) is 0 Å². The fourth-order valence-corrected chi connectivity index (χ4v) is 3.09. The third-order valence-corrected chi connectivity index (χ3v) is 4.38. The summed E-state index contributed by atoms with van der Waals surface area (Å²) in [4.78, 5) is 8.60. The molecule has 0 aliphatic carbocycles. The number of benzene rings is 1. The van der Waals surface area contributed by atoms with E-state index < -0.39 is 0 Å². The van der Waals surface area contributed by atoms with Crippen LogP contribution in [-0.2, 0) is 20.1 Å². The molecule has 0 amide bonds. The van der Waals surface area contributed by atoms with Gasteiger partial charge in [-0.05, 0) is 39.7 Å². The lowest BCUT2D eigenvalue weighted by Gasteiger charge is -2.22. The average Bonchev–Trinajstić information content (AvgIpc) is 2.85. The first kappa shape index (κ1) is 18.4. The molecule has 24 heavy (non-hydrogen) atoms. The summed E-state index contributed by atoms with van der Waals surface area (Å²) in [5.74, 6) is 0.879. The average molecular weight is 392 g/mol. The summed E-state index contributed by atoms with van der Waals surface area (Å²) < 4.78 is 3.21. The number of nitrogens with one attached hydrogen (secondary N) is 1. The van der Waals surface area contributed by atoms with Gasteiger partial charge in [0.15, 0.2) is 5.96 Å². The number of hydrogen-bond donors (Lipinski definition) is 1. The molecule has 1 aromatic carbocycles. The molecule has 6 heteroatoms. The second-order valence-electron chi connectivity index (χ2n) is 6.08. The number of rotatable bonds is 5. The van der Waals surface area contributed by atoms with Crippen LogP contribution in [0.25, 0.3) is 0 Å². The molecule has 0 atom stereocenters. The first-order chi connectivity index (χ1) is 11.4. The van der Waals surface area contributed by atoms with Gasteiger partial charge in [-0.3, -0.25) is 4.99 Å². The largest absolute Gasteiger partial charge is 0.378 e. The molecule has 0 aliphatic heterocycles. The van der Waals surface area contributed by atoms with E-state index in [2.05, 4.69) is 84.2 Å². The van der Waals surface area contributed by atoms with Crippen molar-refractivity contribution in [3.8, 4) is 0 Å². The maximum Gasteiger partial charge on any atom is 0.194 e. The standard InChI is InChI=1S/C18H26BrN5/c1-20-18(24(5)13-17-10-15(19)12-23(17)4)21-11-14-6-8-16(9-7-14)22(2)3/h6-10,12H,11,13H2,1-5H3,(H,20,21). The van der Waals surface area contributed by atoms with Crippen molar-refractivity contribution >= 4 is 27.6 Å². The topological polar surface area (TPSA) is 35.8 Å². The van der Waals surface area contributed by atoms with Crippen molar-refractivity contribution in [1.29, 1.82) is 0 Å². The molecule has 1 heterocycles. The molecule has 0 spiro atoms. The first-order valence-electron chi connectivity index (χ1n) is 7.89. The minimum atomic E-state index is 0.752. The van der Waals surface area contributed by atoms with E-state index in [1.807, 2.05) is 28.2 Å². The van der Waals surface area contributed by atoms with Crippen LogP contribution >= 0.6 is 15.9 Å². The zero-order chi connectivity index (χ0) is 17.7. The van der Waals surface area contributed by atoms with E-state index in [1.54, 1.807) is 0 Å². The van der Waals surface area contributed by atoms with Gasteiger partial charge in [-0.1, -0.05) is 12.1 Å². The van der Waals surface area contributed by atoms with Crippen molar-refractivity contribution in [2.75, 3.05) is 33.1 Å². The zero-order valence-electron chi connectivity index (χ0n) is 15.0. The summed E-state index contributed by atoms with van der Waals surface area (Å²) in [6, 6.07) is 10.7. The van der Waals surface area contributed by atoms with E-state index in [0.717, 1.165) is 23.5 Å². The fraction of sp³-hybridized carbons (Fsp3) is 0.389. The lowest BCUT2D eigenvalue weighted by molar-refractivity contribution is 0.461. The van der Waals surface area contributed by atoms with Gasteiger partial charge < -0.3 is 19.7 Å². The SMILES string of the molecule is CN=C(NCc1ccc(N(C)C)cc1)N(C)Cc1cc(Br)cn1C. The summed E-state index contributed by atoms with van der Waals surface area (Å²) in [5, 5.41) is 3.42. The summed E-state index contributed by atoms with van der Waals surface area (Å²) in [7, 11) is 10.0. The Kier molecular flexibility index (Phi) is 6.31. The predicted molar refractivity (Wildman–Crippen MR) is 106 cm³/mol. The first-order valence-corrected chi connectivity index (χ1v) is 8.68. The van der Waals surface area contributed by atoms with Crippen molar-refractivity contribution in [1.82, 2.24) is 14.8 Å². The van der Waals surface area contributed by atoms with Gasteiger partial charge in [0.25, 0.3) is 0 Å². The van der Waals surface area contributed by atoms with E-state index in [9.17, 15) is 0 Å². The monoisotopic (exact) mass is 391 g/mol. The van der Waals surface area contributed by atoms with Crippen molar-refractivity contribution in [2.45, 2.75) is 13.1 Å². The quantitative estimate of drug-likeness (QED) is 0.628. The van der Waals surface area contributed by atoms with Crippen LogP contribution in [0.5, 0.6) is 0 Å². The number of hydrogen-bond acceptors (Lipinski definition) is 2. The van der Waals surface area contributed by atoms with Crippen LogP contribution in [0.15, 0.2) is 46.0 Å². The highest BCUT2D eigenvalue weighted by Crippen LogP contribution is 2.15. The molecule has 0 aliphatic rings. The van der Waals surface area contributed by atoms with Crippen LogP contribution in [0.1, 0.15) is 11.3 Å². The number of aryl methyl sites for hydroxylation is 1. The van der Waals surface area contributed by atoms with Crippen LogP contribution in [-0.4, -0.2) is 43.6 Å². The second-order valence-corrected chi connectivity index (χ2v) is 6.99. The highest BCUT2D eigenvalue weighted by atomic mass is 79.9. The zero-order valence-corrected chi connectivity index (χ0v) is 16.6. The number of aliphatic imine (C=N–C) groups is 1. The van der Waals surface area contributed by atoms with Crippen LogP contribution < -0.4 is 10.2 Å². The van der Waals surface area contributed by atoms with E-state index in [-0.39, 0.29) is 0 Å². The van der Waals surface area contributed by atoms with Crippen molar-refractivity contribution in [3.05, 3.63) is 52.3 Å². The Morgan fingerprint density at radius 1 is 1.21 bits per heavy atom. The number of aromatic nitrogens is 1. The summed E-state index contributed by atoms with van der Waals surface area (Å²) in [6.07, 6.45) is 2.06. The lowest BCUT2D eigenvalue weighted by Crippen LogP contribution is -2.38. The van der Waals surface area contributed by atoms with Crippen LogP contribution in [0.3, 0.4) is 0 Å². The van der Waals surface area contributed by atoms with Gasteiger partial charge in [-0.25, -0.2) is 0 Å². The van der Waals surface area contributed by atoms with Gasteiger partial charge in [0, 0.05) is 63.8 Å². The smallest absolute Gasteiger partial charge is 0.194 e. The third-order valence-electron chi connectivity index (χ3n) is 3.95. The molecule has 5 nitrogen and oxygen atoms in total. The highest BCUT2D eigenvalue weighted by molar-refractivity contribution is 9.10. The Labute approximate surface area is 153 Å². The number of nitrogens with zero attached hydrogens (tertiary/aromatic N) is 4. The van der Waals surface area contributed by atoms with Gasteiger partial charge >= 0.3 is 0 Å². The maximum absolute atomic E-state index is 4.38. The van der Waals surface area contributed by atoms with Crippen LogP contribution in [0.4, 0.5) is 5.69 Å². The second kappa shape index (κ2) is 8.24. The van der Waals surface area contributed by atoms with E-state index in [1.165, 1.54) is 16.9 Å². The molecule has 130 valence electrons. The molecular weight excluding hydrogens is 366 g/mol. The molecular formula is C18H26BrN5. The minimum Gasteiger partial charge on any atom is -0.378 e. The van der Waals surface area contributed by atoms with Crippen molar-refractivity contribution in [2.24, 2.45) is 12.0 Å². The molecule has 0 radical (unpaired) electrons. The molecule has 1 N–H and O–H groups in total. The van der Waals surface area contributed by atoms with Crippen molar-refractivity contribution in [3.63, 3.8) is 0 Å². The Bertz CT molecular complexity index is 688. The molecule has 0 saturated heterocycles. The summed E-state index contributed by atoms with van der Waals surface area (Å²) >= 11 is 3.52. The van der Waals surface area contributed by atoms with Crippen LogP contribution in [0.2, 0.25) is 0 Å². The van der Waals surface area contributed by atoms with Crippen LogP contribution in [0, 0.1) is 0 Å². The highest BCUT2D eigenvalue weighted by Gasteiger charge is 2.09. The Morgan fingerprint density at radius 2 is 1.88 bits per heavy atom. The van der Waals surface area contributed by atoms with Gasteiger partial charge in [0.05, 0.1) is 6.54 Å². The summed E-state index contributed by atoms with van der Waals surface area (Å²) in [5.41, 5.74) is 3.66. The Hall–Kier alpha value is -1.95. The van der Waals surface area contributed by atoms with Crippen molar-refractivity contribution < 1.29 is 0 Å². The predicted octanol–water partition coefficient (Wildman–Crippen LogP) is 3.06. The molecule has 2 aromatic rings. The minimum absolute atomic E-state index is 0.752. The lowest BCUT2D eigenvalue weighted by atomic mass is 10.2. The molecule has 1 aromatic heterocycles. The van der Waals surface area contributed by atoms with E-state index in [0.29, 0.717) is 0 Å². The molecule has 0 fully saturated rings. The Balaban J connectivity index is 1.95. The third kappa shape index (κ3) is 4.77. The van der Waals surface area contributed by atoms with E-state index >= 15 is 0 Å². The number of anilines is 1. The van der Waals surface area contributed by atoms with Gasteiger partial charge in [0.1, 0.15) is 0 Å². The molecule has 0 unspecified atom stereocenters. The molecule has 0 bridgehead atoms. The fourth-order valence-electron chi connectivity index (χ4n) is 2.52. The summed E-state index contributed by atoms with van der Waals surface area (Å²) in [6.45, 7) is 1.54. The number of halogens is 1. The Morgan fingerprint density at radius 3 is 2.38 bits per heavy atom. The number of guanidine groups is 1. The molecule has 0 saturated carbocycles. The van der Waals surface area contributed by atoms with Gasteiger partial charge in [-0.2, -0.15) is 0 Å². The maximum atomic E-state index is 4.38. The van der Waals surface area contributed by atoms with Gasteiger partial charge in [0.2, 0.25) is 0 Å². The van der Waals surface area contributed by atoms with Gasteiger partial charge in [-0.15, -0.1) is 0 Å². The normalized spacial score (nSPS) is 11.5.